The number of benzene rings is 2. The highest BCUT2D eigenvalue weighted by Gasteiger charge is 2.26. The molecule has 0 saturated heterocycles. The number of nitrogens with zero attached hydrogens (tertiary/aromatic N) is 2. The van der Waals surface area contributed by atoms with E-state index in [1.165, 1.54) is 5.56 Å². The molecule has 1 aliphatic rings. The Balaban J connectivity index is 1.76. The van der Waals surface area contributed by atoms with E-state index in [0.717, 1.165) is 24.4 Å². The van der Waals surface area contributed by atoms with E-state index < -0.39 is 0 Å². The van der Waals surface area contributed by atoms with Gasteiger partial charge in [-0.1, -0.05) is 60.7 Å². The van der Waals surface area contributed by atoms with Gasteiger partial charge in [-0.3, -0.25) is 5.43 Å². The smallest absolute Gasteiger partial charge is 0.150 e. The molecule has 0 saturated carbocycles. The van der Waals surface area contributed by atoms with Crippen LogP contribution in [0.5, 0.6) is 0 Å². The summed E-state index contributed by atoms with van der Waals surface area (Å²) < 4.78 is 0. The summed E-state index contributed by atoms with van der Waals surface area (Å²) in [5.41, 5.74) is 5.53. The summed E-state index contributed by atoms with van der Waals surface area (Å²) in [6, 6.07) is 20.7. The lowest BCUT2D eigenvalue weighted by molar-refractivity contribution is 0.734. The summed E-state index contributed by atoms with van der Waals surface area (Å²) >= 11 is 5.12. The number of amidine groups is 1. The molecule has 2 aromatic rings. The van der Waals surface area contributed by atoms with Gasteiger partial charge >= 0.3 is 0 Å². The third-order valence-electron chi connectivity index (χ3n) is 3.53. The maximum atomic E-state index is 5.12. The first-order chi connectivity index (χ1) is 10.4. The van der Waals surface area contributed by atoms with Crippen molar-refractivity contribution < 1.29 is 0 Å². The van der Waals surface area contributed by atoms with Gasteiger partial charge in [-0.2, -0.15) is 5.10 Å². The fraction of sp³-hybridized carbons (Fsp3) is 0.176. The van der Waals surface area contributed by atoms with Crippen LogP contribution in [0.25, 0.3) is 0 Å². The molecular formula is C17H17N3S. The van der Waals surface area contributed by atoms with Gasteiger partial charge in [0, 0.05) is 17.5 Å². The minimum absolute atomic E-state index is 0.0480. The topological polar surface area (TPSA) is 27.6 Å². The maximum absolute atomic E-state index is 5.12. The molecule has 0 amide bonds. The third-order valence-corrected chi connectivity index (χ3v) is 3.78. The Kier molecular flexibility index (Phi) is 4.26. The van der Waals surface area contributed by atoms with Crippen molar-refractivity contribution in [1.29, 1.82) is 0 Å². The Morgan fingerprint density at radius 3 is 2.33 bits per heavy atom. The van der Waals surface area contributed by atoms with Gasteiger partial charge in [0.25, 0.3) is 0 Å². The summed E-state index contributed by atoms with van der Waals surface area (Å²) in [6.07, 6.45) is 1.80. The normalized spacial score (nSPS) is 17.2. The zero-order valence-corrected chi connectivity index (χ0v) is 12.5. The highest BCUT2D eigenvalue weighted by atomic mass is 32.1. The molecule has 0 radical (unpaired) electrons. The molecule has 1 aliphatic heterocycles. The number of nitrogens with one attached hydrogen (secondary N) is 1. The van der Waals surface area contributed by atoms with Crippen molar-refractivity contribution in [3.8, 4) is 0 Å². The first-order valence-corrected chi connectivity index (χ1v) is 7.51. The number of hydrogen-bond acceptors (Lipinski definition) is 4. The lowest BCUT2D eigenvalue weighted by Gasteiger charge is -2.24. The number of hydrogen-bond donors (Lipinski definition) is 1. The van der Waals surface area contributed by atoms with Gasteiger partial charge in [0.15, 0.2) is 0 Å². The Labute approximate surface area is 130 Å². The van der Waals surface area contributed by atoms with Gasteiger partial charge in [-0.25, -0.2) is 0 Å². The molecule has 1 atom stereocenters. The molecule has 0 aromatic heterocycles. The van der Waals surface area contributed by atoms with Crippen molar-refractivity contribution in [3.05, 3.63) is 66.2 Å². The fourth-order valence-electron chi connectivity index (χ4n) is 2.48. The SMILES string of the molecule is S=CC1NN=C(CCc2ccccc2)N1c1ccccc1. The molecule has 0 bridgehead atoms. The largest absolute Gasteiger partial charge is 0.302 e. The van der Waals surface area contributed by atoms with Crippen molar-refractivity contribution in [2.75, 3.05) is 4.90 Å². The summed E-state index contributed by atoms with van der Waals surface area (Å²) in [4.78, 5) is 2.16. The minimum Gasteiger partial charge on any atom is -0.302 e. The zero-order valence-electron chi connectivity index (χ0n) is 11.6. The van der Waals surface area contributed by atoms with E-state index in [2.05, 4.69) is 51.8 Å². The molecule has 106 valence electrons. The number of thiocarbonyl (C=S) groups is 1. The molecule has 0 spiro atoms. The van der Waals surface area contributed by atoms with Crippen LogP contribution in [0.3, 0.4) is 0 Å². The molecule has 1 heterocycles. The van der Waals surface area contributed by atoms with Gasteiger partial charge in [0.05, 0.1) is 0 Å². The van der Waals surface area contributed by atoms with Crippen LogP contribution in [0, 0.1) is 0 Å². The third kappa shape index (κ3) is 3.11. The molecule has 0 fully saturated rings. The molecule has 3 nitrogen and oxygen atoms in total. The second-order valence-electron chi connectivity index (χ2n) is 4.93. The number of aryl methyl sites for hydroxylation is 1. The van der Waals surface area contributed by atoms with E-state index in [0.29, 0.717) is 0 Å². The lowest BCUT2D eigenvalue weighted by Crippen LogP contribution is -2.41. The Morgan fingerprint density at radius 2 is 1.67 bits per heavy atom. The summed E-state index contributed by atoms with van der Waals surface area (Å²) in [6.45, 7) is 0. The molecule has 3 rings (SSSR count). The highest BCUT2D eigenvalue weighted by Crippen LogP contribution is 2.21. The van der Waals surface area contributed by atoms with Crippen molar-refractivity contribution in [2.24, 2.45) is 5.10 Å². The van der Waals surface area contributed by atoms with Crippen LogP contribution in [0.2, 0.25) is 0 Å². The standard InChI is InChI=1S/C17H17N3S/c21-13-17-19-18-16(12-11-14-7-3-1-4-8-14)20(17)15-9-5-2-6-10-15/h1-10,13,17,19H,11-12H2. The molecule has 0 aliphatic carbocycles. The fourth-order valence-corrected chi connectivity index (χ4v) is 2.66. The second kappa shape index (κ2) is 6.50. The summed E-state index contributed by atoms with van der Waals surface area (Å²) in [5.74, 6) is 1.02. The van der Waals surface area contributed by atoms with Crippen molar-refractivity contribution in [2.45, 2.75) is 19.0 Å². The van der Waals surface area contributed by atoms with Crippen LogP contribution < -0.4 is 10.3 Å². The molecular weight excluding hydrogens is 278 g/mol. The van der Waals surface area contributed by atoms with Crippen molar-refractivity contribution >= 4 is 29.1 Å². The first-order valence-electron chi connectivity index (χ1n) is 7.04. The zero-order chi connectivity index (χ0) is 14.5. The van der Waals surface area contributed by atoms with Crippen molar-refractivity contribution in [1.82, 2.24) is 5.43 Å². The maximum Gasteiger partial charge on any atom is 0.150 e. The second-order valence-corrected chi connectivity index (χ2v) is 5.20. The van der Waals surface area contributed by atoms with Gasteiger partial charge in [-0.05, 0) is 24.1 Å². The average molecular weight is 295 g/mol. The van der Waals surface area contributed by atoms with Gasteiger partial charge in [0.1, 0.15) is 12.0 Å². The van der Waals surface area contributed by atoms with Crippen LogP contribution in [-0.4, -0.2) is 17.4 Å². The molecule has 21 heavy (non-hydrogen) atoms. The first kappa shape index (κ1) is 13.8. The van der Waals surface area contributed by atoms with E-state index in [1.54, 1.807) is 5.37 Å². The minimum atomic E-state index is -0.0480. The van der Waals surface area contributed by atoms with Gasteiger partial charge in [0.2, 0.25) is 0 Å². The van der Waals surface area contributed by atoms with Crippen LogP contribution in [0.1, 0.15) is 12.0 Å². The van der Waals surface area contributed by atoms with E-state index in [-0.39, 0.29) is 6.17 Å². The quantitative estimate of drug-likeness (QED) is 0.857. The van der Waals surface area contributed by atoms with Gasteiger partial charge < -0.3 is 4.90 Å². The Hall–Kier alpha value is -2.20. The molecule has 4 heteroatoms. The van der Waals surface area contributed by atoms with Crippen LogP contribution in [0.4, 0.5) is 5.69 Å². The van der Waals surface area contributed by atoms with Crippen LogP contribution in [-0.2, 0) is 6.42 Å². The number of hydrazone groups is 1. The summed E-state index contributed by atoms with van der Waals surface area (Å²) in [7, 11) is 0. The van der Waals surface area contributed by atoms with E-state index in [9.17, 15) is 0 Å². The van der Waals surface area contributed by atoms with E-state index >= 15 is 0 Å². The number of para-hydroxylation sites is 1. The Morgan fingerprint density at radius 1 is 1.00 bits per heavy atom. The number of rotatable bonds is 5. The van der Waals surface area contributed by atoms with E-state index in [1.807, 2.05) is 24.3 Å². The van der Waals surface area contributed by atoms with Crippen LogP contribution in [0.15, 0.2) is 65.8 Å². The van der Waals surface area contributed by atoms with Crippen molar-refractivity contribution in [3.63, 3.8) is 0 Å². The molecule has 1 unspecified atom stereocenters. The van der Waals surface area contributed by atoms with E-state index in [4.69, 9.17) is 12.2 Å². The monoisotopic (exact) mass is 295 g/mol. The summed E-state index contributed by atoms with van der Waals surface area (Å²) in [5, 5.41) is 6.17. The Bertz CT molecular complexity index is 625. The van der Waals surface area contributed by atoms with Crippen LogP contribution >= 0.6 is 12.2 Å². The lowest BCUT2D eigenvalue weighted by atomic mass is 10.1. The predicted octanol–water partition coefficient (Wildman–Crippen LogP) is 3.37. The number of anilines is 1. The molecule has 2 aromatic carbocycles. The predicted molar refractivity (Wildman–Crippen MR) is 91.7 cm³/mol. The molecule has 1 N–H and O–H groups in total. The average Bonchev–Trinajstić information content (AvgIpc) is 2.97. The van der Waals surface area contributed by atoms with Gasteiger partial charge in [-0.15, -0.1) is 0 Å². The highest BCUT2D eigenvalue weighted by molar-refractivity contribution is 7.79.